The van der Waals surface area contributed by atoms with Gasteiger partial charge in [0.15, 0.2) is 0 Å². The van der Waals surface area contributed by atoms with Crippen molar-refractivity contribution in [2.24, 2.45) is 0 Å². The Morgan fingerprint density at radius 2 is 1.88 bits per heavy atom. The normalized spacial score (nSPS) is 15.5. The Labute approximate surface area is 103 Å². The Morgan fingerprint density at radius 1 is 1.29 bits per heavy atom. The molecule has 0 aliphatic rings. The third-order valence-electron chi connectivity index (χ3n) is 2.52. The van der Waals surface area contributed by atoms with Crippen LogP contribution in [0.2, 0.25) is 0 Å². The van der Waals surface area contributed by atoms with Gasteiger partial charge in [-0.1, -0.05) is 30.3 Å². The summed E-state index contributed by atoms with van der Waals surface area (Å²) in [7, 11) is -3.21. The fourth-order valence-corrected chi connectivity index (χ4v) is 2.46. The quantitative estimate of drug-likeness (QED) is 0.810. The molecule has 0 heterocycles. The summed E-state index contributed by atoms with van der Waals surface area (Å²) < 4.78 is 25.2. The predicted molar refractivity (Wildman–Crippen MR) is 68.1 cm³/mol. The first kappa shape index (κ1) is 14.2. The summed E-state index contributed by atoms with van der Waals surface area (Å²) in [4.78, 5) is 0. The molecule has 1 aromatic carbocycles. The average Bonchev–Trinajstić information content (AvgIpc) is 2.29. The second-order valence-corrected chi connectivity index (χ2v) is 6.13. The van der Waals surface area contributed by atoms with Gasteiger partial charge in [-0.05, 0) is 25.8 Å². The van der Waals surface area contributed by atoms with Crippen molar-refractivity contribution in [2.45, 2.75) is 32.4 Å². The average molecular weight is 257 g/mol. The van der Waals surface area contributed by atoms with Gasteiger partial charge in [-0.3, -0.25) is 0 Å². The van der Waals surface area contributed by atoms with Crippen LogP contribution in [-0.4, -0.2) is 25.3 Å². The molecule has 2 atom stereocenters. The summed E-state index contributed by atoms with van der Waals surface area (Å²) >= 11 is 0. The maximum Gasteiger partial charge on any atom is 0.211 e. The van der Waals surface area contributed by atoms with Crippen LogP contribution in [0.15, 0.2) is 30.3 Å². The molecule has 0 saturated carbocycles. The molecule has 1 aromatic rings. The molecule has 0 radical (unpaired) electrons. The lowest BCUT2D eigenvalue weighted by Crippen LogP contribution is -2.34. The zero-order valence-corrected chi connectivity index (χ0v) is 10.9. The molecule has 0 spiro atoms. The summed E-state index contributed by atoms with van der Waals surface area (Å²) in [5, 5.41) is 9.93. The van der Waals surface area contributed by atoms with Gasteiger partial charge < -0.3 is 5.11 Å². The molecule has 0 amide bonds. The van der Waals surface area contributed by atoms with Gasteiger partial charge in [0.05, 0.1) is 11.9 Å². The molecular formula is C12H19NO3S. The van der Waals surface area contributed by atoms with Crippen LogP contribution in [0.1, 0.15) is 31.9 Å². The molecule has 17 heavy (non-hydrogen) atoms. The topological polar surface area (TPSA) is 66.4 Å². The summed E-state index contributed by atoms with van der Waals surface area (Å²) in [6, 6.07) is 8.94. The fourth-order valence-electron chi connectivity index (χ4n) is 1.58. The van der Waals surface area contributed by atoms with Crippen molar-refractivity contribution in [3.05, 3.63) is 35.9 Å². The maximum atomic E-state index is 11.3. The zero-order chi connectivity index (χ0) is 12.9. The maximum absolute atomic E-state index is 11.3. The van der Waals surface area contributed by atoms with Crippen LogP contribution in [-0.2, 0) is 10.0 Å². The number of hydrogen-bond donors (Lipinski definition) is 2. The molecule has 2 N–H and O–H groups in total. The van der Waals surface area contributed by atoms with Gasteiger partial charge in [-0.15, -0.1) is 0 Å². The van der Waals surface area contributed by atoms with Gasteiger partial charge in [-0.25, -0.2) is 13.1 Å². The fraction of sp³-hybridized carbons (Fsp3) is 0.500. The van der Waals surface area contributed by atoms with Crippen molar-refractivity contribution >= 4 is 10.0 Å². The van der Waals surface area contributed by atoms with Gasteiger partial charge in [0.1, 0.15) is 0 Å². The molecule has 0 aromatic heterocycles. The summed E-state index contributed by atoms with van der Waals surface area (Å²) in [6.07, 6.45) is -0.283. The lowest BCUT2D eigenvalue weighted by Gasteiger charge is -2.17. The number of aliphatic hydroxyl groups excluding tert-OH is 1. The van der Waals surface area contributed by atoms with Crippen LogP contribution >= 0.6 is 0 Å². The van der Waals surface area contributed by atoms with Crippen LogP contribution in [0, 0.1) is 0 Å². The summed E-state index contributed by atoms with van der Waals surface area (Å²) in [5.74, 6) is 0.0543. The second kappa shape index (κ2) is 6.14. The third-order valence-corrected chi connectivity index (χ3v) is 4.04. The largest absolute Gasteiger partial charge is 0.388 e. The smallest absolute Gasteiger partial charge is 0.211 e. The highest BCUT2D eigenvalue weighted by Gasteiger charge is 2.16. The van der Waals surface area contributed by atoms with Gasteiger partial charge in [0.2, 0.25) is 10.0 Å². The van der Waals surface area contributed by atoms with E-state index in [1.54, 1.807) is 13.8 Å². The van der Waals surface area contributed by atoms with Crippen LogP contribution in [0.4, 0.5) is 0 Å². The van der Waals surface area contributed by atoms with E-state index >= 15 is 0 Å². The van der Waals surface area contributed by atoms with Crippen molar-refractivity contribution in [1.29, 1.82) is 0 Å². The highest BCUT2D eigenvalue weighted by molar-refractivity contribution is 7.89. The summed E-state index contributed by atoms with van der Waals surface area (Å²) in [5.41, 5.74) is 0.801. The monoisotopic (exact) mass is 257 g/mol. The van der Waals surface area contributed by atoms with Crippen LogP contribution in [0.3, 0.4) is 0 Å². The van der Waals surface area contributed by atoms with Gasteiger partial charge in [0, 0.05) is 6.04 Å². The Hall–Kier alpha value is -0.910. The Bertz CT molecular complexity index is 430. The molecule has 0 saturated heterocycles. The molecule has 96 valence electrons. The Kier molecular flexibility index (Phi) is 5.11. The van der Waals surface area contributed by atoms with E-state index in [0.717, 1.165) is 5.56 Å². The van der Waals surface area contributed by atoms with Crippen molar-refractivity contribution < 1.29 is 13.5 Å². The SMILES string of the molecule is CCS(=O)(=O)NC(C)CC(O)c1ccccc1. The third kappa shape index (κ3) is 4.85. The highest BCUT2D eigenvalue weighted by atomic mass is 32.2. The zero-order valence-electron chi connectivity index (χ0n) is 10.1. The molecule has 0 aliphatic heterocycles. The molecule has 1 rings (SSSR count). The van der Waals surface area contributed by atoms with Crippen LogP contribution in [0.25, 0.3) is 0 Å². The van der Waals surface area contributed by atoms with Crippen molar-refractivity contribution in [3.63, 3.8) is 0 Å². The van der Waals surface area contributed by atoms with Crippen molar-refractivity contribution in [1.82, 2.24) is 4.72 Å². The number of aliphatic hydroxyl groups is 1. The predicted octanol–water partition coefficient (Wildman–Crippen LogP) is 1.44. The lowest BCUT2D eigenvalue weighted by molar-refractivity contribution is 0.158. The van der Waals surface area contributed by atoms with Gasteiger partial charge >= 0.3 is 0 Å². The van der Waals surface area contributed by atoms with E-state index in [1.165, 1.54) is 0 Å². The number of benzene rings is 1. The number of sulfonamides is 1. The van der Waals surface area contributed by atoms with E-state index in [2.05, 4.69) is 4.72 Å². The van der Waals surface area contributed by atoms with E-state index in [0.29, 0.717) is 6.42 Å². The molecule has 0 bridgehead atoms. The molecular weight excluding hydrogens is 238 g/mol. The molecule has 5 heteroatoms. The van der Waals surface area contributed by atoms with E-state index in [-0.39, 0.29) is 11.8 Å². The molecule has 0 aliphatic carbocycles. The number of rotatable bonds is 6. The lowest BCUT2D eigenvalue weighted by atomic mass is 10.0. The summed E-state index contributed by atoms with van der Waals surface area (Å²) in [6.45, 7) is 3.34. The Balaban J connectivity index is 2.55. The minimum absolute atomic E-state index is 0.0543. The minimum Gasteiger partial charge on any atom is -0.388 e. The van der Waals surface area contributed by atoms with Crippen LogP contribution < -0.4 is 4.72 Å². The second-order valence-electron chi connectivity index (χ2n) is 4.08. The van der Waals surface area contributed by atoms with Crippen molar-refractivity contribution in [2.75, 3.05) is 5.75 Å². The minimum atomic E-state index is -3.21. The van der Waals surface area contributed by atoms with E-state index < -0.39 is 16.1 Å². The van der Waals surface area contributed by atoms with Crippen LogP contribution in [0.5, 0.6) is 0 Å². The highest BCUT2D eigenvalue weighted by Crippen LogP contribution is 2.17. The van der Waals surface area contributed by atoms with E-state index in [1.807, 2.05) is 30.3 Å². The first-order valence-electron chi connectivity index (χ1n) is 5.67. The number of hydrogen-bond acceptors (Lipinski definition) is 3. The molecule has 0 fully saturated rings. The first-order chi connectivity index (χ1) is 7.94. The number of nitrogens with one attached hydrogen (secondary N) is 1. The first-order valence-corrected chi connectivity index (χ1v) is 7.33. The molecule has 4 nitrogen and oxygen atoms in total. The molecule has 2 unspecified atom stereocenters. The van der Waals surface area contributed by atoms with E-state index in [4.69, 9.17) is 0 Å². The van der Waals surface area contributed by atoms with Gasteiger partial charge in [-0.2, -0.15) is 0 Å². The van der Waals surface area contributed by atoms with E-state index in [9.17, 15) is 13.5 Å². The van der Waals surface area contributed by atoms with Gasteiger partial charge in [0.25, 0.3) is 0 Å². The van der Waals surface area contributed by atoms with Crippen molar-refractivity contribution in [3.8, 4) is 0 Å². The standard InChI is InChI=1S/C12H19NO3S/c1-3-17(15,16)13-10(2)9-12(14)11-7-5-4-6-8-11/h4-8,10,12-14H,3,9H2,1-2H3. The Morgan fingerprint density at radius 3 is 2.41 bits per heavy atom.